The highest BCUT2D eigenvalue weighted by atomic mass is 16.5. The smallest absolute Gasteiger partial charge is 0.411 e. The number of fused-ring (bicyclic) bond motifs is 1. The van der Waals surface area contributed by atoms with Gasteiger partial charge in [0.2, 0.25) is 0 Å². The number of hydrogen-bond acceptors (Lipinski definition) is 9. The van der Waals surface area contributed by atoms with Crippen LogP contribution in [0.5, 0.6) is 0 Å². The SMILES string of the molecule is C=C(OC)N1CCC(n2ncc3c(N4CCOCC4)nc(-c4ccc(NC(=O)OC)cc4)nc32)CC1. The Labute approximate surface area is 209 Å². The number of nitrogens with one attached hydrogen (secondary N) is 1. The Kier molecular flexibility index (Phi) is 6.90. The first-order valence-corrected chi connectivity index (χ1v) is 12.1. The first kappa shape index (κ1) is 23.9. The number of amides is 1. The van der Waals surface area contributed by atoms with Crippen LogP contribution in [0.2, 0.25) is 0 Å². The summed E-state index contributed by atoms with van der Waals surface area (Å²) in [5, 5.41) is 8.39. The summed E-state index contributed by atoms with van der Waals surface area (Å²) in [5.74, 6) is 2.18. The molecular formula is C25H31N7O4. The van der Waals surface area contributed by atoms with Crippen LogP contribution in [0.15, 0.2) is 42.9 Å². The van der Waals surface area contributed by atoms with Gasteiger partial charge in [0, 0.05) is 37.4 Å². The van der Waals surface area contributed by atoms with Gasteiger partial charge in [0.15, 0.2) is 17.4 Å². The van der Waals surface area contributed by atoms with Crippen molar-refractivity contribution in [1.29, 1.82) is 0 Å². The molecule has 0 spiro atoms. The zero-order chi connectivity index (χ0) is 25.1. The fraction of sp³-hybridized carbons (Fsp3) is 0.440. The number of anilines is 2. The van der Waals surface area contributed by atoms with E-state index in [-0.39, 0.29) is 6.04 Å². The summed E-state index contributed by atoms with van der Waals surface area (Å²) in [6, 6.07) is 7.62. The average Bonchev–Trinajstić information content (AvgIpc) is 3.37. The number of methoxy groups -OCH3 is 2. The summed E-state index contributed by atoms with van der Waals surface area (Å²) in [5.41, 5.74) is 2.30. The van der Waals surface area contributed by atoms with Crippen LogP contribution in [0, 0.1) is 0 Å². The molecule has 2 saturated heterocycles. The zero-order valence-electron chi connectivity index (χ0n) is 20.6. The lowest BCUT2D eigenvalue weighted by molar-refractivity contribution is 0.118. The number of benzene rings is 1. The molecule has 0 saturated carbocycles. The minimum atomic E-state index is -0.515. The molecule has 1 aromatic carbocycles. The Morgan fingerprint density at radius 1 is 1.06 bits per heavy atom. The molecule has 5 rings (SSSR count). The van der Waals surface area contributed by atoms with Gasteiger partial charge in [-0.2, -0.15) is 5.10 Å². The normalized spacial score (nSPS) is 16.7. The van der Waals surface area contributed by atoms with Crippen molar-refractivity contribution in [2.45, 2.75) is 18.9 Å². The molecule has 3 aromatic rings. The van der Waals surface area contributed by atoms with Gasteiger partial charge in [-0.05, 0) is 43.7 Å². The summed E-state index contributed by atoms with van der Waals surface area (Å²) < 4.78 is 17.6. The first-order valence-electron chi connectivity index (χ1n) is 12.1. The maximum atomic E-state index is 11.5. The van der Waals surface area contributed by atoms with Crippen LogP contribution in [-0.4, -0.2) is 84.4 Å². The van der Waals surface area contributed by atoms with Gasteiger partial charge < -0.3 is 24.0 Å². The number of hydrogen-bond donors (Lipinski definition) is 1. The Balaban J connectivity index is 1.50. The van der Waals surface area contributed by atoms with E-state index in [0.717, 1.165) is 61.4 Å². The summed E-state index contributed by atoms with van der Waals surface area (Å²) in [4.78, 5) is 25.9. The second kappa shape index (κ2) is 10.4. The summed E-state index contributed by atoms with van der Waals surface area (Å²) in [7, 11) is 2.99. The molecule has 11 nitrogen and oxygen atoms in total. The van der Waals surface area contributed by atoms with Crippen LogP contribution in [0.3, 0.4) is 0 Å². The summed E-state index contributed by atoms with van der Waals surface area (Å²) in [6.45, 7) is 8.52. The number of morpholine rings is 1. The number of rotatable bonds is 6. The van der Waals surface area contributed by atoms with Gasteiger partial charge in [0.1, 0.15) is 5.82 Å². The standard InChI is InChI=1S/C25H31N7O4/c1-17(34-2)30-10-8-20(9-11-30)32-24-21(16-26-32)23(31-12-14-36-15-13-31)28-22(29-24)18-4-6-19(7-5-18)27-25(33)35-3/h4-7,16,20H,1,8-15H2,2-3H3,(H,27,33). The van der Waals surface area contributed by atoms with Crippen molar-refractivity contribution in [2.24, 2.45) is 0 Å². The van der Waals surface area contributed by atoms with E-state index in [0.29, 0.717) is 30.6 Å². The fourth-order valence-electron chi connectivity index (χ4n) is 4.68. The van der Waals surface area contributed by atoms with Crippen LogP contribution >= 0.6 is 0 Å². The zero-order valence-corrected chi connectivity index (χ0v) is 20.6. The molecule has 0 radical (unpaired) electrons. The fourth-order valence-corrected chi connectivity index (χ4v) is 4.68. The molecule has 0 unspecified atom stereocenters. The molecule has 1 N–H and O–H groups in total. The van der Waals surface area contributed by atoms with Gasteiger partial charge in [-0.25, -0.2) is 19.4 Å². The van der Waals surface area contributed by atoms with Gasteiger partial charge in [-0.15, -0.1) is 0 Å². The number of aromatic nitrogens is 4. The van der Waals surface area contributed by atoms with E-state index in [1.165, 1.54) is 7.11 Å². The van der Waals surface area contributed by atoms with E-state index in [1.807, 2.05) is 35.1 Å². The minimum absolute atomic E-state index is 0.218. The number of likely N-dealkylation sites (tertiary alicyclic amines) is 1. The molecule has 4 heterocycles. The molecule has 2 aliphatic heterocycles. The lowest BCUT2D eigenvalue weighted by atomic mass is 10.1. The van der Waals surface area contributed by atoms with Crippen molar-refractivity contribution < 1.29 is 19.0 Å². The van der Waals surface area contributed by atoms with Crippen molar-refractivity contribution >= 4 is 28.6 Å². The summed E-state index contributed by atoms with van der Waals surface area (Å²) in [6.07, 6.45) is 3.20. The highest BCUT2D eigenvalue weighted by Crippen LogP contribution is 2.32. The monoisotopic (exact) mass is 493 g/mol. The van der Waals surface area contributed by atoms with Crippen LogP contribution in [-0.2, 0) is 14.2 Å². The number of ether oxygens (including phenoxy) is 3. The second-order valence-electron chi connectivity index (χ2n) is 8.81. The van der Waals surface area contributed by atoms with E-state index in [2.05, 4.69) is 26.4 Å². The summed E-state index contributed by atoms with van der Waals surface area (Å²) >= 11 is 0. The van der Waals surface area contributed by atoms with Crippen LogP contribution in [0.25, 0.3) is 22.4 Å². The predicted molar refractivity (Wildman–Crippen MR) is 136 cm³/mol. The number of carbonyl (C=O) groups excluding carboxylic acids is 1. The predicted octanol–water partition coefficient (Wildman–Crippen LogP) is 3.26. The van der Waals surface area contributed by atoms with Gasteiger partial charge in [0.05, 0.1) is 45.1 Å². The molecule has 11 heteroatoms. The highest BCUT2D eigenvalue weighted by Gasteiger charge is 2.26. The van der Waals surface area contributed by atoms with Crippen LogP contribution in [0.1, 0.15) is 18.9 Å². The molecule has 0 aliphatic carbocycles. The topological polar surface area (TPSA) is 107 Å². The molecule has 1 amide bonds. The van der Waals surface area contributed by atoms with E-state index in [1.54, 1.807) is 7.11 Å². The second-order valence-corrected chi connectivity index (χ2v) is 8.81. The number of carbonyl (C=O) groups is 1. The van der Waals surface area contributed by atoms with E-state index >= 15 is 0 Å². The maximum Gasteiger partial charge on any atom is 0.411 e. The Morgan fingerprint density at radius 2 is 1.78 bits per heavy atom. The largest absolute Gasteiger partial charge is 0.483 e. The Morgan fingerprint density at radius 3 is 2.44 bits per heavy atom. The van der Waals surface area contributed by atoms with E-state index < -0.39 is 6.09 Å². The van der Waals surface area contributed by atoms with Gasteiger partial charge in [0.25, 0.3) is 0 Å². The molecule has 36 heavy (non-hydrogen) atoms. The Bertz CT molecular complexity index is 1230. The molecular weight excluding hydrogens is 462 g/mol. The first-order chi connectivity index (χ1) is 17.6. The van der Waals surface area contributed by atoms with E-state index in [9.17, 15) is 4.79 Å². The minimum Gasteiger partial charge on any atom is -0.483 e. The molecule has 0 bridgehead atoms. The number of piperidine rings is 1. The molecule has 2 aromatic heterocycles. The average molecular weight is 494 g/mol. The quantitative estimate of drug-likeness (QED) is 0.518. The van der Waals surface area contributed by atoms with Crippen LogP contribution in [0.4, 0.5) is 16.3 Å². The van der Waals surface area contributed by atoms with Crippen LogP contribution < -0.4 is 10.2 Å². The molecule has 2 aliphatic rings. The molecule has 2 fully saturated rings. The lowest BCUT2D eigenvalue weighted by Crippen LogP contribution is -2.37. The van der Waals surface area contributed by atoms with Gasteiger partial charge >= 0.3 is 6.09 Å². The highest BCUT2D eigenvalue weighted by molar-refractivity contribution is 5.89. The van der Waals surface area contributed by atoms with Crippen molar-refractivity contribution in [3.05, 3.63) is 42.9 Å². The van der Waals surface area contributed by atoms with Crippen molar-refractivity contribution in [2.75, 3.05) is 63.8 Å². The van der Waals surface area contributed by atoms with Crippen molar-refractivity contribution in [3.63, 3.8) is 0 Å². The third-order valence-electron chi connectivity index (χ3n) is 6.72. The number of nitrogens with zero attached hydrogens (tertiary/aromatic N) is 6. The van der Waals surface area contributed by atoms with Gasteiger partial charge in [-0.1, -0.05) is 0 Å². The third-order valence-corrected chi connectivity index (χ3v) is 6.72. The third kappa shape index (κ3) is 4.78. The maximum absolute atomic E-state index is 11.5. The van der Waals surface area contributed by atoms with Gasteiger partial charge in [-0.3, -0.25) is 5.32 Å². The van der Waals surface area contributed by atoms with Crippen molar-refractivity contribution in [3.8, 4) is 11.4 Å². The Hall–Kier alpha value is -3.86. The van der Waals surface area contributed by atoms with E-state index in [4.69, 9.17) is 24.5 Å². The lowest BCUT2D eigenvalue weighted by Gasteiger charge is -2.33. The molecule has 190 valence electrons. The van der Waals surface area contributed by atoms with Crippen molar-refractivity contribution in [1.82, 2.24) is 24.6 Å². The molecule has 0 atom stereocenters.